The Labute approximate surface area is 172 Å². The number of hydrogen-bond donors (Lipinski definition) is 2. The molecule has 0 aliphatic carbocycles. The number of carbonyl (C=O) groups is 3. The number of aromatic nitrogens is 3. The van der Waals surface area contributed by atoms with Crippen LogP contribution in [-0.2, 0) is 22.7 Å². The second kappa shape index (κ2) is 7.11. The molecule has 0 bridgehead atoms. The minimum atomic E-state index is -0.858. The summed E-state index contributed by atoms with van der Waals surface area (Å²) in [5.74, 6) is -0.00310. The number of carbonyl (C=O) groups excluding carboxylic acids is 3. The summed E-state index contributed by atoms with van der Waals surface area (Å²) in [6.45, 7) is 4.45. The summed E-state index contributed by atoms with van der Waals surface area (Å²) in [5, 5.41) is 9.63. The van der Waals surface area contributed by atoms with Gasteiger partial charge in [0.1, 0.15) is 12.2 Å². The van der Waals surface area contributed by atoms with E-state index < -0.39 is 5.66 Å². The van der Waals surface area contributed by atoms with Crippen LogP contribution in [0.25, 0.3) is 0 Å². The topological polar surface area (TPSA) is 103 Å². The lowest BCUT2D eigenvalue weighted by molar-refractivity contribution is -0.124. The molecule has 0 saturated carbocycles. The molecule has 0 spiro atoms. The van der Waals surface area contributed by atoms with Crippen molar-refractivity contribution in [1.82, 2.24) is 25.0 Å². The molecule has 10 heteroatoms. The van der Waals surface area contributed by atoms with Gasteiger partial charge in [0.25, 0.3) is 5.91 Å². The zero-order valence-corrected chi connectivity index (χ0v) is 17.1. The number of fused-ring (bicyclic) bond motifs is 3. The Morgan fingerprint density at radius 3 is 2.86 bits per heavy atom. The van der Waals surface area contributed by atoms with E-state index in [1.807, 2.05) is 13.8 Å². The first-order valence-corrected chi connectivity index (χ1v) is 9.92. The summed E-state index contributed by atoms with van der Waals surface area (Å²) in [4.78, 5) is 41.5. The first kappa shape index (κ1) is 19.3. The molecule has 2 aliphatic rings. The fourth-order valence-corrected chi connectivity index (χ4v) is 4.41. The van der Waals surface area contributed by atoms with Gasteiger partial charge in [-0.05, 0) is 44.6 Å². The summed E-state index contributed by atoms with van der Waals surface area (Å²) in [6, 6.07) is 7.03. The number of para-hydroxylation sites is 1. The van der Waals surface area contributed by atoms with E-state index >= 15 is 0 Å². The van der Waals surface area contributed by atoms with E-state index in [2.05, 4.69) is 15.5 Å². The highest BCUT2D eigenvalue weighted by molar-refractivity contribution is 7.71. The Balaban J connectivity index is 1.56. The number of H-pyrrole nitrogens is 1. The standard InChI is InChI=1S/C19H22N6O3S/c1-3-23-14(21-22-18(23)29)10-20-15(26)11-24-17(28)12-6-4-5-7-13(12)25-16(27)8-9-19(24,25)2/h4-7H,3,8-11H2,1-2H3,(H,20,26)(H,22,29). The molecule has 2 aromatic rings. The monoisotopic (exact) mass is 414 g/mol. The summed E-state index contributed by atoms with van der Waals surface area (Å²) >= 11 is 5.15. The van der Waals surface area contributed by atoms with E-state index in [0.717, 1.165) is 0 Å². The van der Waals surface area contributed by atoms with Crippen LogP contribution in [0.3, 0.4) is 0 Å². The van der Waals surface area contributed by atoms with E-state index in [1.165, 1.54) is 4.90 Å². The Hall–Kier alpha value is -3.01. The molecular formula is C19H22N6O3S. The third-order valence-electron chi connectivity index (χ3n) is 5.64. The second-order valence-electron chi connectivity index (χ2n) is 7.32. The normalized spacial score (nSPS) is 20.6. The van der Waals surface area contributed by atoms with Crippen LogP contribution < -0.4 is 10.2 Å². The number of amides is 3. The van der Waals surface area contributed by atoms with Gasteiger partial charge in [-0.1, -0.05) is 12.1 Å². The fraction of sp³-hybridized carbons (Fsp3) is 0.421. The molecule has 1 aromatic heterocycles. The minimum Gasteiger partial charge on any atom is -0.347 e. The molecule has 3 heterocycles. The number of anilines is 1. The van der Waals surface area contributed by atoms with Crippen LogP contribution in [0.5, 0.6) is 0 Å². The van der Waals surface area contributed by atoms with Crippen LogP contribution in [0.4, 0.5) is 5.69 Å². The number of aromatic amines is 1. The first-order chi connectivity index (χ1) is 13.9. The quantitative estimate of drug-likeness (QED) is 0.723. The highest BCUT2D eigenvalue weighted by atomic mass is 32.1. The molecule has 1 aromatic carbocycles. The van der Waals surface area contributed by atoms with Gasteiger partial charge in [0, 0.05) is 13.0 Å². The Kier molecular flexibility index (Phi) is 4.73. The van der Waals surface area contributed by atoms with Gasteiger partial charge in [-0.3, -0.25) is 24.4 Å². The summed E-state index contributed by atoms with van der Waals surface area (Å²) in [7, 11) is 0. The van der Waals surface area contributed by atoms with Crippen LogP contribution in [0.15, 0.2) is 24.3 Å². The van der Waals surface area contributed by atoms with Gasteiger partial charge in [0.15, 0.2) is 10.6 Å². The van der Waals surface area contributed by atoms with Crippen LogP contribution in [0.1, 0.15) is 42.9 Å². The Morgan fingerprint density at radius 2 is 2.10 bits per heavy atom. The minimum absolute atomic E-state index is 0.0451. The van der Waals surface area contributed by atoms with Gasteiger partial charge in [-0.15, -0.1) is 0 Å². The lowest BCUT2D eigenvalue weighted by Crippen LogP contribution is -2.63. The van der Waals surface area contributed by atoms with Gasteiger partial charge in [0.05, 0.1) is 17.8 Å². The molecule has 3 amide bonds. The molecule has 4 rings (SSSR count). The van der Waals surface area contributed by atoms with Crippen molar-refractivity contribution in [2.75, 3.05) is 11.4 Å². The van der Waals surface area contributed by atoms with Crippen molar-refractivity contribution in [3.8, 4) is 0 Å². The molecule has 29 heavy (non-hydrogen) atoms. The molecule has 0 radical (unpaired) electrons. The predicted molar refractivity (Wildman–Crippen MR) is 108 cm³/mol. The van der Waals surface area contributed by atoms with E-state index in [4.69, 9.17) is 12.2 Å². The number of hydrogen-bond acceptors (Lipinski definition) is 5. The van der Waals surface area contributed by atoms with Crippen molar-refractivity contribution in [3.63, 3.8) is 0 Å². The molecule has 1 fully saturated rings. The van der Waals surface area contributed by atoms with E-state index in [9.17, 15) is 14.4 Å². The molecule has 9 nitrogen and oxygen atoms in total. The van der Waals surface area contributed by atoms with Crippen molar-refractivity contribution >= 4 is 35.6 Å². The fourth-order valence-electron chi connectivity index (χ4n) is 4.13. The van der Waals surface area contributed by atoms with Gasteiger partial charge in [0.2, 0.25) is 11.8 Å². The molecule has 1 saturated heterocycles. The maximum absolute atomic E-state index is 13.2. The lowest BCUT2D eigenvalue weighted by atomic mass is 9.98. The van der Waals surface area contributed by atoms with E-state index in [-0.39, 0.29) is 30.8 Å². The summed E-state index contributed by atoms with van der Waals surface area (Å²) in [6.07, 6.45) is 0.815. The zero-order chi connectivity index (χ0) is 20.8. The van der Waals surface area contributed by atoms with E-state index in [1.54, 1.807) is 33.7 Å². The second-order valence-corrected chi connectivity index (χ2v) is 7.71. The molecular weight excluding hydrogens is 392 g/mol. The number of nitrogens with zero attached hydrogens (tertiary/aromatic N) is 4. The van der Waals surface area contributed by atoms with Crippen LogP contribution in [0, 0.1) is 4.77 Å². The molecule has 1 unspecified atom stereocenters. The van der Waals surface area contributed by atoms with Gasteiger partial charge in [-0.25, -0.2) is 0 Å². The smallest absolute Gasteiger partial charge is 0.258 e. The zero-order valence-electron chi connectivity index (χ0n) is 16.3. The predicted octanol–water partition coefficient (Wildman–Crippen LogP) is 1.58. The van der Waals surface area contributed by atoms with Crippen molar-refractivity contribution in [1.29, 1.82) is 0 Å². The third kappa shape index (κ3) is 3.03. The Morgan fingerprint density at radius 1 is 1.34 bits per heavy atom. The van der Waals surface area contributed by atoms with Crippen LogP contribution >= 0.6 is 12.2 Å². The maximum Gasteiger partial charge on any atom is 0.258 e. The SMILES string of the molecule is CCn1c(CNC(=O)CN2C(=O)c3ccccc3N3C(=O)CCC23C)n[nH]c1=S. The highest BCUT2D eigenvalue weighted by Gasteiger charge is 2.53. The molecule has 1 atom stereocenters. The van der Waals surface area contributed by atoms with Crippen molar-refractivity contribution < 1.29 is 14.4 Å². The average Bonchev–Trinajstić information content (AvgIpc) is 3.22. The van der Waals surface area contributed by atoms with E-state index in [0.29, 0.717) is 41.2 Å². The van der Waals surface area contributed by atoms with Gasteiger partial charge >= 0.3 is 0 Å². The molecule has 2 aliphatic heterocycles. The first-order valence-electron chi connectivity index (χ1n) is 9.51. The molecule has 2 N–H and O–H groups in total. The van der Waals surface area contributed by atoms with Gasteiger partial charge in [-0.2, -0.15) is 5.10 Å². The molecule has 152 valence electrons. The number of nitrogens with one attached hydrogen (secondary N) is 2. The lowest BCUT2D eigenvalue weighted by Gasteiger charge is -2.48. The van der Waals surface area contributed by atoms with Crippen molar-refractivity contribution in [2.45, 2.75) is 45.4 Å². The number of rotatable bonds is 5. The highest BCUT2D eigenvalue weighted by Crippen LogP contribution is 2.43. The van der Waals surface area contributed by atoms with Gasteiger partial charge < -0.3 is 14.8 Å². The van der Waals surface area contributed by atoms with Crippen molar-refractivity contribution in [2.24, 2.45) is 0 Å². The average molecular weight is 414 g/mol. The van der Waals surface area contributed by atoms with Crippen LogP contribution in [0.2, 0.25) is 0 Å². The number of benzene rings is 1. The summed E-state index contributed by atoms with van der Waals surface area (Å²) < 4.78 is 2.28. The Bertz CT molecular complexity index is 1060. The maximum atomic E-state index is 13.2. The summed E-state index contributed by atoms with van der Waals surface area (Å²) in [5.41, 5.74) is 0.182. The van der Waals surface area contributed by atoms with Crippen LogP contribution in [-0.4, -0.2) is 49.6 Å². The van der Waals surface area contributed by atoms with Crippen molar-refractivity contribution in [3.05, 3.63) is 40.4 Å². The third-order valence-corrected chi connectivity index (χ3v) is 5.96. The largest absolute Gasteiger partial charge is 0.347 e.